The van der Waals surface area contributed by atoms with Gasteiger partial charge in [0.05, 0.1) is 29.4 Å². The number of hydrogen-bond acceptors (Lipinski definition) is 6. The third kappa shape index (κ3) is 3.66. The Morgan fingerprint density at radius 2 is 2.24 bits per heavy atom. The normalized spacial score (nSPS) is 16.4. The summed E-state index contributed by atoms with van der Waals surface area (Å²) in [7, 11) is 0. The summed E-state index contributed by atoms with van der Waals surface area (Å²) in [5, 5.41) is 2.96. The topological polar surface area (TPSA) is 68.7 Å². The molecule has 0 bridgehead atoms. The molecule has 25 heavy (non-hydrogen) atoms. The first-order valence-electron chi connectivity index (χ1n) is 8.19. The molecule has 0 aliphatic carbocycles. The van der Waals surface area contributed by atoms with Crippen molar-refractivity contribution in [2.75, 3.05) is 18.1 Å². The number of nitrogens with zero attached hydrogens (tertiary/aromatic N) is 2. The molecule has 1 atom stereocenters. The largest absolute Gasteiger partial charge is 0.479 e. The minimum atomic E-state index is -0.581. The van der Waals surface area contributed by atoms with Gasteiger partial charge in [-0.2, -0.15) is 0 Å². The van der Waals surface area contributed by atoms with Crippen LogP contribution in [0.2, 0.25) is 0 Å². The van der Waals surface area contributed by atoms with Crippen molar-refractivity contribution in [3.63, 3.8) is 0 Å². The summed E-state index contributed by atoms with van der Waals surface area (Å²) in [4.78, 5) is 30.3. The standard InChI is InChI=1S/C18H20N2O4S/c1-4-23-17(21)7-8-20-15-9-13(14-10-25-12(3)19-14)5-6-16(15)24-11(2)18(20)22/h5-6,9-11H,4,7-8H2,1-3H3. The summed E-state index contributed by atoms with van der Waals surface area (Å²) in [6, 6.07) is 5.66. The molecule has 3 rings (SSSR count). The van der Waals surface area contributed by atoms with Gasteiger partial charge in [-0.3, -0.25) is 9.59 Å². The van der Waals surface area contributed by atoms with Gasteiger partial charge in [-0.1, -0.05) is 0 Å². The van der Waals surface area contributed by atoms with E-state index in [-0.39, 0.29) is 24.8 Å². The van der Waals surface area contributed by atoms with Gasteiger partial charge in [0, 0.05) is 17.5 Å². The lowest BCUT2D eigenvalue weighted by atomic mass is 10.1. The molecule has 132 valence electrons. The summed E-state index contributed by atoms with van der Waals surface area (Å²) in [6.45, 7) is 6.01. The van der Waals surface area contributed by atoms with Gasteiger partial charge in [-0.25, -0.2) is 4.98 Å². The fourth-order valence-electron chi connectivity index (χ4n) is 2.73. The first kappa shape index (κ1) is 17.4. The number of ether oxygens (including phenoxy) is 2. The molecule has 1 aromatic heterocycles. The molecular formula is C18H20N2O4S. The molecule has 1 aliphatic rings. The van der Waals surface area contributed by atoms with Crippen LogP contribution in [-0.2, 0) is 14.3 Å². The molecule has 1 unspecified atom stereocenters. The van der Waals surface area contributed by atoms with Gasteiger partial charge in [0.15, 0.2) is 6.10 Å². The fourth-order valence-corrected chi connectivity index (χ4v) is 3.35. The molecule has 6 nitrogen and oxygen atoms in total. The van der Waals surface area contributed by atoms with Crippen LogP contribution in [0.3, 0.4) is 0 Å². The number of rotatable bonds is 5. The van der Waals surface area contributed by atoms with Crippen molar-refractivity contribution in [1.82, 2.24) is 4.98 Å². The van der Waals surface area contributed by atoms with E-state index in [2.05, 4.69) is 4.98 Å². The van der Waals surface area contributed by atoms with Gasteiger partial charge in [-0.15, -0.1) is 11.3 Å². The van der Waals surface area contributed by atoms with Crippen LogP contribution in [-0.4, -0.2) is 36.1 Å². The number of benzene rings is 1. The number of hydrogen-bond donors (Lipinski definition) is 0. The molecule has 0 fully saturated rings. The number of carbonyl (C=O) groups is 2. The SMILES string of the molecule is CCOC(=O)CCN1C(=O)C(C)Oc2ccc(-c3csc(C)n3)cc21. The first-order valence-corrected chi connectivity index (χ1v) is 9.07. The Labute approximate surface area is 150 Å². The second-order valence-corrected chi connectivity index (χ2v) is 6.80. The predicted octanol–water partition coefficient (Wildman–Crippen LogP) is 3.19. The smallest absolute Gasteiger partial charge is 0.307 e. The maximum Gasteiger partial charge on any atom is 0.307 e. The predicted molar refractivity (Wildman–Crippen MR) is 96.0 cm³/mol. The minimum absolute atomic E-state index is 0.145. The van der Waals surface area contributed by atoms with Crippen LogP contribution in [0.4, 0.5) is 5.69 Å². The van der Waals surface area contributed by atoms with Crippen LogP contribution < -0.4 is 9.64 Å². The van der Waals surface area contributed by atoms with Crippen LogP contribution in [0.1, 0.15) is 25.3 Å². The average Bonchev–Trinajstić information content (AvgIpc) is 3.02. The number of anilines is 1. The zero-order valence-electron chi connectivity index (χ0n) is 14.4. The second kappa shape index (κ2) is 7.23. The van der Waals surface area contributed by atoms with E-state index in [9.17, 15) is 9.59 Å². The fraction of sp³-hybridized carbons (Fsp3) is 0.389. The van der Waals surface area contributed by atoms with Gasteiger partial charge < -0.3 is 14.4 Å². The molecule has 1 amide bonds. The van der Waals surface area contributed by atoms with Crippen LogP contribution in [0.5, 0.6) is 5.75 Å². The third-order valence-electron chi connectivity index (χ3n) is 3.93. The minimum Gasteiger partial charge on any atom is -0.479 e. The van der Waals surface area contributed by atoms with Gasteiger partial charge in [0.1, 0.15) is 5.75 Å². The zero-order valence-corrected chi connectivity index (χ0v) is 15.3. The van der Waals surface area contributed by atoms with Crippen molar-refractivity contribution in [1.29, 1.82) is 0 Å². The Kier molecular flexibility index (Phi) is 5.03. The number of aromatic nitrogens is 1. The summed E-state index contributed by atoms with van der Waals surface area (Å²) in [6.07, 6.45) is -0.437. The van der Waals surface area contributed by atoms with E-state index in [0.29, 0.717) is 18.0 Å². The molecule has 0 radical (unpaired) electrons. The molecule has 0 saturated carbocycles. The van der Waals surface area contributed by atoms with Crippen LogP contribution in [0, 0.1) is 6.92 Å². The van der Waals surface area contributed by atoms with E-state index in [0.717, 1.165) is 16.3 Å². The lowest BCUT2D eigenvalue weighted by molar-refractivity contribution is -0.142. The maximum absolute atomic E-state index is 12.5. The summed E-state index contributed by atoms with van der Waals surface area (Å²) >= 11 is 1.57. The Hall–Kier alpha value is -2.41. The number of fused-ring (bicyclic) bond motifs is 1. The zero-order chi connectivity index (χ0) is 18.0. The van der Waals surface area contributed by atoms with Gasteiger partial charge in [-0.05, 0) is 39.0 Å². The van der Waals surface area contributed by atoms with Crippen LogP contribution in [0.15, 0.2) is 23.6 Å². The molecule has 0 saturated heterocycles. The Bertz CT molecular complexity index is 802. The summed E-state index contributed by atoms with van der Waals surface area (Å²) < 4.78 is 10.7. The molecular weight excluding hydrogens is 340 g/mol. The Balaban J connectivity index is 1.91. The third-order valence-corrected chi connectivity index (χ3v) is 4.70. The summed E-state index contributed by atoms with van der Waals surface area (Å²) in [5.74, 6) is 0.150. The van der Waals surface area contributed by atoms with Crippen molar-refractivity contribution in [3.8, 4) is 17.0 Å². The second-order valence-electron chi connectivity index (χ2n) is 5.74. The van der Waals surface area contributed by atoms with E-state index >= 15 is 0 Å². The number of aryl methyl sites for hydroxylation is 1. The first-order chi connectivity index (χ1) is 12.0. The highest BCUT2D eigenvalue weighted by Crippen LogP contribution is 2.37. The molecule has 1 aliphatic heterocycles. The highest BCUT2D eigenvalue weighted by atomic mass is 32.1. The number of esters is 1. The van der Waals surface area contributed by atoms with Crippen molar-refractivity contribution in [2.45, 2.75) is 33.3 Å². The molecule has 0 spiro atoms. The Morgan fingerprint density at radius 1 is 1.44 bits per heavy atom. The van der Waals surface area contributed by atoms with Crippen molar-refractivity contribution in [3.05, 3.63) is 28.6 Å². The maximum atomic E-state index is 12.5. The quantitative estimate of drug-likeness (QED) is 0.766. The monoisotopic (exact) mass is 360 g/mol. The average molecular weight is 360 g/mol. The highest BCUT2D eigenvalue weighted by Gasteiger charge is 2.32. The van der Waals surface area contributed by atoms with Gasteiger partial charge >= 0.3 is 5.97 Å². The van der Waals surface area contributed by atoms with E-state index in [1.54, 1.807) is 30.1 Å². The number of thiazole rings is 1. The van der Waals surface area contributed by atoms with E-state index in [1.807, 2.05) is 30.5 Å². The van der Waals surface area contributed by atoms with Gasteiger partial charge in [0.25, 0.3) is 5.91 Å². The van der Waals surface area contributed by atoms with E-state index in [4.69, 9.17) is 9.47 Å². The molecule has 0 N–H and O–H groups in total. The number of amides is 1. The van der Waals surface area contributed by atoms with E-state index < -0.39 is 6.10 Å². The molecule has 1 aromatic carbocycles. The van der Waals surface area contributed by atoms with Crippen molar-refractivity contribution < 1.29 is 19.1 Å². The van der Waals surface area contributed by atoms with Crippen LogP contribution >= 0.6 is 11.3 Å². The van der Waals surface area contributed by atoms with E-state index in [1.165, 1.54) is 0 Å². The molecule has 7 heteroatoms. The number of carbonyl (C=O) groups excluding carboxylic acids is 2. The molecule has 2 heterocycles. The summed E-state index contributed by atoms with van der Waals surface area (Å²) in [5.41, 5.74) is 2.44. The Morgan fingerprint density at radius 3 is 2.92 bits per heavy atom. The lowest BCUT2D eigenvalue weighted by Crippen LogP contribution is -2.45. The molecule has 2 aromatic rings. The van der Waals surface area contributed by atoms with Gasteiger partial charge in [0.2, 0.25) is 0 Å². The van der Waals surface area contributed by atoms with Crippen LogP contribution in [0.25, 0.3) is 11.3 Å². The van der Waals surface area contributed by atoms with Crippen molar-refractivity contribution in [2.24, 2.45) is 0 Å². The highest BCUT2D eigenvalue weighted by molar-refractivity contribution is 7.09. The lowest BCUT2D eigenvalue weighted by Gasteiger charge is -2.33. The van der Waals surface area contributed by atoms with Crippen molar-refractivity contribution >= 4 is 28.9 Å².